The van der Waals surface area contributed by atoms with Gasteiger partial charge in [0.1, 0.15) is 5.69 Å². The Bertz CT molecular complexity index is 1360. The van der Waals surface area contributed by atoms with Crippen LogP contribution in [0.5, 0.6) is 0 Å². The highest BCUT2D eigenvalue weighted by atomic mass is 32.2. The molecule has 0 aliphatic heterocycles. The van der Waals surface area contributed by atoms with Gasteiger partial charge in [-0.25, -0.2) is 8.42 Å². The molecule has 4 rings (SSSR count). The van der Waals surface area contributed by atoms with Crippen LogP contribution < -0.4 is 10.0 Å². The number of sulfonamides is 1. The predicted molar refractivity (Wildman–Crippen MR) is 125 cm³/mol. The molecule has 0 bridgehead atoms. The van der Waals surface area contributed by atoms with Crippen LogP contribution in [0.3, 0.4) is 0 Å². The Morgan fingerprint density at radius 1 is 1.00 bits per heavy atom. The molecule has 7 nitrogen and oxygen atoms in total. The van der Waals surface area contributed by atoms with Crippen LogP contribution >= 0.6 is 0 Å². The number of hydrogen-bond donors (Lipinski definition) is 2. The molecule has 0 saturated carbocycles. The van der Waals surface area contributed by atoms with Crippen molar-refractivity contribution in [2.45, 2.75) is 31.8 Å². The Morgan fingerprint density at radius 2 is 1.72 bits per heavy atom. The van der Waals surface area contributed by atoms with Gasteiger partial charge in [0, 0.05) is 42.1 Å². The van der Waals surface area contributed by atoms with Gasteiger partial charge in [-0.15, -0.1) is 0 Å². The zero-order valence-electron chi connectivity index (χ0n) is 17.9. The number of nitrogens with zero attached hydrogens (tertiary/aromatic N) is 2. The fraction of sp³-hybridized carbons (Fsp3) is 0.167. The average molecular weight is 449 g/mol. The van der Waals surface area contributed by atoms with Crippen molar-refractivity contribution in [3.8, 4) is 0 Å². The van der Waals surface area contributed by atoms with Crippen molar-refractivity contribution in [1.82, 2.24) is 14.9 Å². The summed E-state index contributed by atoms with van der Waals surface area (Å²) < 4.78 is 30.0. The van der Waals surface area contributed by atoms with E-state index in [4.69, 9.17) is 0 Å². The highest BCUT2D eigenvalue weighted by molar-refractivity contribution is 7.92. The third-order valence-electron chi connectivity index (χ3n) is 5.24. The van der Waals surface area contributed by atoms with Gasteiger partial charge in [-0.2, -0.15) is 0 Å². The maximum Gasteiger partial charge on any atom is 0.268 e. The fourth-order valence-electron chi connectivity index (χ4n) is 3.57. The van der Waals surface area contributed by atoms with Crippen LogP contribution in [-0.4, -0.2) is 23.9 Å². The van der Waals surface area contributed by atoms with E-state index in [9.17, 15) is 13.2 Å². The van der Waals surface area contributed by atoms with Crippen molar-refractivity contribution in [2.24, 2.45) is 0 Å². The summed E-state index contributed by atoms with van der Waals surface area (Å²) in [4.78, 5) is 17.0. The summed E-state index contributed by atoms with van der Waals surface area (Å²) in [7, 11) is -3.70. The monoisotopic (exact) mass is 448 g/mol. The summed E-state index contributed by atoms with van der Waals surface area (Å²) in [5, 5.41) is 3.71. The van der Waals surface area contributed by atoms with Crippen LogP contribution in [0.25, 0.3) is 10.9 Å². The van der Waals surface area contributed by atoms with Gasteiger partial charge in [0.05, 0.1) is 4.90 Å². The number of benzene rings is 2. The second-order valence-corrected chi connectivity index (χ2v) is 9.19. The van der Waals surface area contributed by atoms with E-state index in [1.54, 1.807) is 54.9 Å². The molecule has 1 amide bonds. The van der Waals surface area contributed by atoms with Gasteiger partial charge >= 0.3 is 0 Å². The number of hydrogen-bond acceptors (Lipinski definition) is 4. The Kier molecular flexibility index (Phi) is 5.96. The molecule has 0 atom stereocenters. The van der Waals surface area contributed by atoms with Crippen molar-refractivity contribution in [1.29, 1.82) is 0 Å². The Balaban J connectivity index is 1.59. The molecule has 0 saturated heterocycles. The van der Waals surface area contributed by atoms with Crippen molar-refractivity contribution in [3.63, 3.8) is 0 Å². The number of carbonyl (C=O) groups is 1. The largest absolute Gasteiger partial charge is 0.347 e. The zero-order valence-corrected chi connectivity index (χ0v) is 18.7. The summed E-state index contributed by atoms with van der Waals surface area (Å²) in [6.07, 6.45) is 3.37. The Morgan fingerprint density at radius 3 is 2.41 bits per heavy atom. The summed E-state index contributed by atoms with van der Waals surface area (Å²) in [6, 6.07) is 17.4. The van der Waals surface area contributed by atoms with Gasteiger partial charge in [-0.05, 0) is 67.9 Å². The normalized spacial score (nSPS) is 11.4. The van der Waals surface area contributed by atoms with E-state index >= 15 is 0 Å². The first-order valence-corrected chi connectivity index (χ1v) is 11.8. The number of rotatable bonds is 7. The number of nitrogens with one attached hydrogen (secondary N) is 2. The minimum atomic E-state index is -3.70. The quantitative estimate of drug-likeness (QED) is 0.445. The summed E-state index contributed by atoms with van der Waals surface area (Å²) >= 11 is 0. The minimum absolute atomic E-state index is 0.193. The lowest BCUT2D eigenvalue weighted by molar-refractivity contribution is 0.0942. The average Bonchev–Trinajstić information content (AvgIpc) is 3.16. The third-order valence-corrected chi connectivity index (χ3v) is 6.63. The fourth-order valence-corrected chi connectivity index (χ4v) is 4.62. The molecule has 0 fully saturated rings. The van der Waals surface area contributed by atoms with E-state index in [-0.39, 0.29) is 10.8 Å². The number of aromatic nitrogens is 2. The minimum Gasteiger partial charge on any atom is -0.347 e. The number of amides is 1. The van der Waals surface area contributed by atoms with Crippen LogP contribution in [0, 0.1) is 6.92 Å². The van der Waals surface area contributed by atoms with Crippen LogP contribution in [0.15, 0.2) is 78.0 Å². The molecule has 4 aromatic rings. The van der Waals surface area contributed by atoms with E-state index in [0.717, 1.165) is 22.0 Å². The van der Waals surface area contributed by atoms with E-state index in [1.165, 1.54) is 0 Å². The predicted octanol–water partition coefficient (Wildman–Crippen LogP) is 4.10. The molecule has 0 spiro atoms. The molecule has 2 heterocycles. The maximum atomic E-state index is 12.8. The molecule has 2 aromatic carbocycles. The van der Waals surface area contributed by atoms with Gasteiger partial charge < -0.3 is 9.88 Å². The second-order valence-electron chi connectivity index (χ2n) is 7.50. The molecule has 0 radical (unpaired) electrons. The summed E-state index contributed by atoms with van der Waals surface area (Å²) in [6.45, 7) is 4.87. The molecule has 32 heavy (non-hydrogen) atoms. The third kappa shape index (κ3) is 4.50. The summed E-state index contributed by atoms with van der Waals surface area (Å²) in [5.74, 6) is -0.193. The first kappa shape index (κ1) is 21.6. The van der Waals surface area contributed by atoms with Gasteiger partial charge in [-0.1, -0.05) is 17.7 Å². The smallest absolute Gasteiger partial charge is 0.268 e. The van der Waals surface area contributed by atoms with Crippen molar-refractivity contribution < 1.29 is 13.2 Å². The van der Waals surface area contributed by atoms with Gasteiger partial charge in [-0.3, -0.25) is 14.5 Å². The van der Waals surface area contributed by atoms with E-state index in [2.05, 4.69) is 15.0 Å². The first-order valence-electron chi connectivity index (χ1n) is 10.3. The van der Waals surface area contributed by atoms with E-state index in [1.807, 2.05) is 36.6 Å². The lowest BCUT2D eigenvalue weighted by Crippen LogP contribution is -2.25. The molecule has 0 aliphatic rings. The molecule has 164 valence electrons. The molecule has 8 heteroatoms. The van der Waals surface area contributed by atoms with Crippen molar-refractivity contribution >= 4 is 32.5 Å². The number of anilines is 1. The molecule has 0 unspecified atom stereocenters. The highest BCUT2D eigenvalue weighted by Crippen LogP contribution is 2.25. The standard InChI is InChI=1S/C24H24N4O3S/c1-3-28-22-9-6-20(27-32(30,31)21-7-4-17(2)5-8-21)14-19(22)15-23(28)24(29)26-16-18-10-12-25-13-11-18/h4-15,27H,3,16H2,1-2H3,(H,26,29). The van der Waals surface area contributed by atoms with Crippen molar-refractivity contribution in [3.05, 3.63) is 89.9 Å². The van der Waals surface area contributed by atoms with Crippen LogP contribution in [0.4, 0.5) is 5.69 Å². The van der Waals surface area contributed by atoms with Crippen LogP contribution in [0.1, 0.15) is 28.5 Å². The Labute approximate surface area is 187 Å². The van der Waals surface area contributed by atoms with E-state index in [0.29, 0.717) is 24.5 Å². The van der Waals surface area contributed by atoms with Crippen molar-refractivity contribution in [2.75, 3.05) is 4.72 Å². The number of fused-ring (bicyclic) bond motifs is 1. The maximum absolute atomic E-state index is 12.8. The Hall–Kier alpha value is -3.65. The topological polar surface area (TPSA) is 93.1 Å². The second kappa shape index (κ2) is 8.84. The highest BCUT2D eigenvalue weighted by Gasteiger charge is 2.17. The van der Waals surface area contributed by atoms with Gasteiger partial charge in [0.15, 0.2) is 0 Å². The number of aryl methyl sites for hydroxylation is 2. The lowest BCUT2D eigenvalue weighted by Gasteiger charge is -2.10. The van der Waals surface area contributed by atoms with Crippen LogP contribution in [-0.2, 0) is 23.1 Å². The van der Waals surface area contributed by atoms with Crippen LogP contribution in [0.2, 0.25) is 0 Å². The molecule has 0 aliphatic carbocycles. The molecular formula is C24H24N4O3S. The van der Waals surface area contributed by atoms with Gasteiger partial charge in [0.25, 0.3) is 15.9 Å². The van der Waals surface area contributed by atoms with E-state index < -0.39 is 10.0 Å². The lowest BCUT2D eigenvalue weighted by atomic mass is 10.2. The first-order chi connectivity index (χ1) is 15.4. The SMILES string of the molecule is CCn1c(C(=O)NCc2ccncc2)cc2cc(NS(=O)(=O)c3ccc(C)cc3)ccc21. The summed E-state index contributed by atoms with van der Waals surface area (Å²) in [5.41, 5.74) is 3.77. The molecular weight excluding hydrogens is 424 g/mol. The number of carbonyl (C=O) groups excluding carboxylic acids is 1. The molecule has 2 aromatic heterocycles. The van der Waals surface area contributed by atoms with Gasteiger partial charge in [0.2, 0.25) is 0 Å². The number of pyridine rings is 1. The zero-order chi connectivity index (χ0) is 22.7. The molecule has 2 N–H and O–H groups in total.